The molecule has 0 radical (unpaired) electrons. The molecule has 0 aliphatic rings. The van der Waals surface area contributed by atoms with Gasteiger partial charge in [0, 0.05) is 5.02 Å². The summed E-state index contributed by atoms with van der Waals surface area (Å²) in [7, 11) is 0. The van der Waals surface area contributed by atoms with Crippen molar-refractivity contribution in [2.45, 2.75) is 0 Å². The fourth-order valence-electron chi connectivity index (χ4n) is 1.27. The molecule has 2 aromatic rings. The third-order valence-corrected chi connectivity index (χ3v) is 3.27. The number of hydrogen-bond acceptors (Lipinski definition) is 3. The molecule has 0 bridgehead atoms. The Morgan fingerprint density at radius 2 is 1.67 bits per heavy atom. The maximum Gasteiger partial charge on any atom is 0.157 e. The van der Waals surface area contributed by atoms with Crippen LogP contribution < -0.4 is 0 Å². The zero-order valence-electron chi connectivity index (χ0n) is 8.94. The van der Waals surface area contributed by atoms with Gasteiger partial charge in [0.2, 0.25) is 0 Å². The van der Waals surface area contributed by atoms with Gasteiger partial charge in [-0.3, -0.25) is 0 Å². The van der Waals surface area contributed by atoms with Crippen molar-refractivity contribution in [3.8, 4) is 5.75 Å². The van der Waals surface area contributed by atoms with Crippen LogP contribution in [0, 0.1) is 0 Å². The van der Waals surface area contributed by atoms with Gasteiger partial charge in [0.25, 0.3) is 0 Å². The zero-order chi connectivity index (χ0) is 13.1. The van der Waals surface area contributed by atoms with E-state index < -0.39 is 0 Å². The number of phenols is 1. The average Bonchev–Trinajstić information content (AvgIpc) is 2.33. The van der Waals surface area contributed by atoms with Gasteiger partial charge in [-0.05, 0) is 40.2 Å². The van der Waals surface area contributed by atoms with E-state index in [2.05, 4.69) is 26.2 Å². The molecule has 0 atom stereocenters. The van der Waals surface area contributed by atoms with Crippen molar-refractivity contribution in [3.63, 3.8) is 0 Å². The number of rotatable bonds is 2. The minimum atomic E-state index is -0.0183. The van der Waals surface area contributed by atoms with Crippen LogP contribution in [0.3, 0.4) is 0 Å². The second-order valence-electron chi connectivity index (χ2n) is 3.41. The van der Waals surface area contributed by atoms with Crippen LogP contribution in [0.5, 0.6) is 5.75 Å². The predicted octanol–water partition coefficient (Wildman–Crippen LogP) is 5.88. The third-order valence-electron chi connectivity index (χ3n) is 2.13. The molecule has 0 aliphatic carbocycles. The van der Waals surface area contributed by atoms with Gasteiger partial charge in [0.1, 0.15) is 11.4 Å². The van der Waals surface area contributed by atoms with E-state index in [-0.39, 0.29) is 11.4 Å². The Morgan fingerprint density at radius 1 is 1.00 bits per heavy atom. The van der Waals surface area contributed by atoms with Crippen LogP contribution in [0.1, 0.15) is 0 Å². The molecular formula is C12H7BrCl2N2O. The monoisotopic (exact) mass is 344 g/mol. The van der Waals surface area contributed by atoms with Gasteiger partial charge in [-0.2, -0.15) is 0 Å². The van der Waals surface area contributed by atoms with E-state index in [1.807, 2.05) is 0 Å². The van der Waals surface area contributed by atoms with Crippen molar-refractivity contribution < 1.29 is 5.11 Å². The second-order valence-corrected chi connectivity index (χ2v) is 5.10. The van der Waals surface area contributed by atoms with Crippen LogP contribution in [-0.4, -0.2) is 5.11 Å². The van der Waals surface area contributed by atoms with Crippen molar-refractivity contribution in [1.82, 2.24) is 0 Å². The molecule has 0 unspecified atom stereocenters. The topological polar surface area (TPSA) is 45.0 Å². The van der Waals surface area contributed by atoms with E-state index in [9.17, 15) is 5.11 Å². The summed E-state index contributed by atoms with van der Waals surface area (Å²) in [5.74, 6) is -0.0183. The largest absolute Gasteiger partial charge is 0.505 e. The molecule has 0 heterocycles. The van der Waals surface area contributed by atoms with Gasteiger partial charge in [0.15, 0.2) is 5.75 Å². The van der Waals surface area contributed by atoms with Crippen LogP contribution >= 0.6 is 39.1 Å². The van der Waals surface area contributed by atoms with Crippen molar-refractivity contribution in [1.29, 1.82) is 0 Å². The van der Waals surface area contributed by atoms with Crippen LogP contribution in [0.2, 0.25) is 10.0 Å². The van der Waals surface area contributed by atoms with E-state index in [0.29, 0.717) is 20.2 Å². The minimum absolute atomic E-state index is 0.0183. The first kappa shape index (κ1) is 13.3. The number of benzene rings is 2. The van der Waals surface area contributed by atoms with Crippen molar-refractivity contribution in [3.05, 3.63) is 50.9 Å². The van der Waals surface area contributed by atoms with Crippen molar-refractivity contribution in [2.75, 3.05) is 0 Å². The van der Waals surface area contributed by atoms with Crippen LogP contribution in [0.25, 0.3) is 0 Å². The fraction of sp³-hybridized carbons (Fsp3) is 0. The highest BCUT2D eigenvalue weighted by Crippen LogP contribution is 2.38. The summed E-state index contributed by atoms with van der Waals surface area (Å²) in [6, 6.07) is 10.1. The lowest BCUT2D eigenvalue weighted by atomic mass is 10.3. The van der Waals surface area contributed by atoms with Gasteiger partial charge in [0.05, 0.1) is 9.50 Å². The molecule has 0 fully saturated rings. The van der Waals surface area contributed by atoms with Crippen LogP contribution in [-0.2, 0) is 0 Å². The Balaban J connectivity index is 2.38. The Morgan fingerprint density at radius 3 is 2.39 bits per heavy atom. The van der Waals surface area contributed by atoms with E-state index in [0.717, 1.165) is 0 Å². The molecule has 6 heteroatoms. The molecular weight excluding hydrogens is 339 g/mol. The van der Waals surface area contributed by atoms with Gasteiger partial charge < -0.3 is 5.11 Å². The Labute approximate surface area is 122 Å². The predicted molar refractivity (Wildman–Crippen MR) is 76.4 cm³/mol. The SMILES string of the molecule is Oc1c(Br)cc(Cl)cc1N=Nc1ccccc1Cl. The molecule has 0 aliphatic heterocycles. The first-order valence-corrected chi connectivity index (χ1v) is 6.47. The summed E-state index contributed by atoms with van der Waals surface area (Å²) in [5, 5.41) is 18.6. The highest BCUT2D eigenvalue weighted by atomic mass is 79.9. The van der Waals surface area contributed by atoms with Crippen molar-refractivity contribution >= 4 is 50.5 Å². The molecule has 3 nitrogen and oxygen atoms in total. The molecule has 0 saturated carbocycles. The standard InChI is InChI=1S/C12H7BrCl2N2O/c13-8-5-7(14)6-11(12(8)18)17-16-10-4-2-1-3-9(10)15/h1-6,18H. The number of phenolic OH excluding ortho intramolecular Hbond substituents is 1. The maximum atomic E-state index is 9.78. The van der Waals surface area contributed by atoms with E-state index in [1.54, 1.807) is 30.3 Å². The smallest absolute Gasteiger partial charge is 0.157 e. The molecule has 0 aromatic heterocycles. The normalized spacial score (nSPS) is 11.1. The quantitative estimate of drug-likeness (QED) is 0.679. The molecule has 0 amide bonds. The molecule has 2 aromatic carbocycles. The summed E-state index contributed by atoms with van der Waals surface area (Å²) in [5.41, 5.74) is 0.795. The maximum absolute atomic E-state index is 9.78. The number of aromatic hydroxyl groups is 1. The number of hydrogen-bond donors (Lipinski definition) is 1. The summed E-state index contributed by atoms with van der Waals surface area (Å²) >= 11 is 15.0. The van der Waals surface area contributed by atoms with Crippen molar-refractivity contribution in [2.24, 2.45) is 10.2 Å². The summed E-state index contributed by atoms with van der Waals surface area (Å²) < 4.78 is 0.461. The first-order valence-electron chi connectivity index (χ1n) is 4.92. The Bertz CT molecular complexity index is 617. The fourth-order valence-corrected chi connectivity index (χ4v) is 2.24. The number of nitrogens with zero attached hydrogens (tertiary/aromatic N) is 2. The van der Waals surface area contributed by atoms with Gasteiger partial charge in [-0.1, -0.05) is 35.3 Å². The molecule has 92 valence electrons. The highest BCUT2D eigenvalue weighted by molar-refractivity contribution is 9.10. The van der Waals surface area contributed by atoms with Crippen LogP contribution in [0.15, 0.2) is 51.1 Å². The van der Waals surface area contributed by atoms with E-state index in [4.69, 9.17) is 23.2 Å². The molecule has 2 rings (SSSR count). The molecule has 18 heavy (non-hydrogen) atoms. The lowest BCUT2D eigenvalue weighted by Gasteiger charge is -2.01. The Hall–Kier alpha value is -1.10. The number of halogens is 3. The zero-order valence-corrected chi connectivity index (χ0v) is 12.0. The summed E-state index contributed by atoms with van der Waals surface area (Å²) in [6.07, 6.45) is 0. The van der Waals surface area contributed by atoms with Crippen LogP contribution in [0.4, 0.5) is 11.4 Å². The lowest BCUT2D eigenvalue weighted by molar-refractivity contribution is 0.473. The van der Waals surface area contributed by atoms with E-state index >= 15 is 0 Å². The second kappa shape index (κ2) is 5.69. The van der Waals surface area contributed by atoms with Gasteiger partial charge in [-0.15, -0.1) is 10.2 Å². The van der Waals surface area contributed by atoms with E-state index in [1.165, 1.54) is 6.07 Å². The van der Waals surface area contributed by atoms with Gasteiger partial charge in [-0.25, -0.2) is 0 Å². The Kier molecular flexibility index (Phi) is 4.22. The molecule has 0 spiro atoms. The highest BCUT2D eigenvalue weighted by Gasteiger charge is 2.07. The summed E-state index contributed by atoms with van der Waals surface area (Å²) in [4.78, 5) is 0. The third kappa shape index (κ3) is 3.02. The lowest BCUT2D eigenvalue weighted by Crippen LogP contribution is -1.73. The molecule has 0 saturated heterocycles. The molecule has 1 N–H and O–H groups in total. The number of azo groups is 1. The summed E-state index contributed by atoms with van der Waals surface area (Å²) in [6.45, 7) is 0. The first-order chi connectivity index (χ1) is 8.58. The minimum Gasteiger partial charge on any atom is -0.505 e. The van der Waals surface area contributed by atoms with Gasteiger partial charge >= 0.3 is 0 Å². The average molecular weight is 346 g/mol.